The van der Waals surface area contributed by atoms with Crippen molar-refractivity contribution in [2.75, 3.05) is 0 Å². The van der Waals surface area contributed by atoms with Crippen LogP contribution >= 0.6 is 0 Å². The van der Waals surface area contributed by atoms with Crippen LogP contribution < -0.4 is 0 Å². The molecule has 1 aromatic rings. The van der Waals surface area contributed by atoms with E-state index in [0.717, 1.165) is 0 Å². The average Bonchev–Trinajstić information content (AvgIpc) is 2.09. The van der Waals surface area contributed by atoms with Gasteiger partial charge in [0, 0.05) is 12.4 Å². The Labute approximate surface area is 74.8 Å². The fourth-order valence-electron chi connectivity index (χ4n) is 1.17. The molecule has 0 atom stereocenters. The summed E-state index contributed by atoms with van der Waals surface area (Å²) in [4.78, 5) is 4.05. The molecule has 1 rings (SSSR count). The van der Waals surface area contributed by atoms with Crippen LogP contribution in [-0.4, -0.2) is 4.98 Å². The Kier molecular flexibility index (Phi) is 3.78. The number of rotatable bonds is 4. The Morgan fingerprint density at radius 2 is 2.33 bits per heavy atom. The molecule has 1 aromatic heterocycles. The second-order valence-corrected chi connectivity index (χ2v) is 3.08. The molecule has 0 unspecified atom stereocenters. The van der Waals surface area contributed by atoms with Gasteiger partial charge in [-0.05, 0) is 37.0 Å². The lowest BCUT2D eigenvalue weighted by atomic mass is 10.0. The lowest BCUT2D eigenvalue weighted by molar-refractivity contribution is 0.789. The van der Waals surface area contributed by atoms with E-state index in [4.69, 9.17) is 0 Å². The van der Waals surface area contributed by atoms with Crippen molar-refractivity contribution >= 4 is 0 Å². The minimum atomic E-state index is 1.18. The minimum absolute atomic E-state index is 1.18. The SMILES string of the molecule is CCCC[CH]c1ccncc1C. The number of hydrogen-bond acceptors (Lipinski definition) is 1. The maximum atomic E-state index is 4.05. The third-order valence-electron chi connectivity index (χ3n) is 1.99. The van der Waals surface area contributed by atoms with Crippen LogP contribution in [0.3, 0.4) is 0 Å². The van der Waals surface area contributed by atoms with Crippen molar-refractivity contribution in [2.24, 2.45) is 0 Å². The average molecular weight is 162 g/mol. The predicted molar refractivity (Wildman–Crippen MR) is 51.9 cm³/mol. The summed E-state index contributed by atoms with van der Waals surface area (Å²) in [5.74, 6) is 0. The molecule has 1 nitrogen and oxygen atoms in total. The fourth-order valence-corrected chi connectivity index (χ4v) is 1.17. The Morgan fingerprint density at radius 1 is 1.50 bits per heavy atom. The van der Waals surface area contributed by atoms with Crippen molar-refractivity contribution < 1.29 is 0 Å². The number of aromatic nitrogens is 1. The molecule has 0 aliphatic heterocycles. The van der Waals surface area contributed by atoms with E-state index in [9.17, 15) is 0 Å². The first-order valence-corrected chi connectivity index (χ1v) is 4.58. The molecule has 0 N–H and O–H groups in total. The molecular formula is C11H16N. The van der Waals surface area contributed by atoms with E-state index in [1.807, 2.05) is 12.4 Å². The van der Waals surface area contributed by atoms with Gasteiger partial charge in [0.25, 0.3) is 0 Å². The largest absolute Gasteiger partial charge is 0.264 e. The summed E-state index contributed by atoms with van der Waals surface area (Å²) in [6.45, 7) is 4.32. The number of pyridine rings is 1. The highest BCUT2D eigenvalue weighted by atomic mass is 14.6. The van der Waals surface area contributed by atoms with Crippen LogP contribution in [0.5, 0.6) is 0 Å². The van der Waals surface area contributed by atoms with Crippen molar-refractivity contribution in [1.29, 1.82) is 0 Å². The minimum Gasteiger partial charge on any atom is -0.264 e. The fraction of sp³-hybridized carbons (Fsp3) is 0.455. The van der Waals surface area contributed by atoms with Crippen molar-refractivity contribution in [2.45, 2.75) is 33.1 Å². The van der Waals surface area contributed by atoms with E-state index in [0.29, 0.717) is 0 Å². The Hall–Kier alpha value is -0.850. The lowest BCUT2D eigenvalue weighted by Gasteiger charge is -2.02. The molecule has 12 heavy (non-hydrogen) atoms. The smallest absolute Gasteiger partial charge is 0.0299 e. The second-order valence-electron chi connectivity index (χ2n) is 3.08. The summed E-state index contributed by atoms with van der Waals surface area (Å²) >= 11 is 0. The van der Waals surface area contributed by atoms with Crippen molar-refractivity contribution in [3.8, 4) is 0 Å². The monoisotopic (exact) mass is 162 g/mol. The van der Waals surface area contributed by atoms with Gasteiger partial charge in [-0.15, -0.1) is 0 Å². The molecular weight excluding hydrogens is 146 g/mol. The molecule has 1 radical (unpaired) electrons. The number of aryl methyl sites for hydroxylation is 1. The van der Waals surface area contributed by atoms with Gasteiger partial charge in [0.05, 0.1) is 0 Å². The maximum absolute atomic E-state index is 4.05. The van der Waals surface area contributed by atoms with Gasteiger partial charge >= 0.3 is 0 Å². The normalized spacial score (nSPS) is 10.2. The van der Waals surface area contributed by atoms with E-state index in [2.05, 4.69) is 31.3 Å². The summed E-state index contributed by atoms with van der Waals surface area (Å²) in [6, 6.07) is 2.07. The third-order valence-corrected chi connectivity index (χ3v) is 1.99. The number of hydrogen-bond donors (Lipinski definition) is 0. The molecule has 0 saturated heterocycles. The first-order chi connectivity index (χ1) is 5.84. The van der Waals surface area contributed by atoms with Crippen LogP contribution in [-0.2, 0) is 0 Å². The summed E-state index contributed by atoms with van der Waals surface area (Å²) in [7, 11) is 0. The molecule has 65 valence electrons. The molecule has 0 aliphatic carbocycles. The molecule has 0 fully saturated rings. The van der Waals surface area contributed by atoms with Gasteiger partial charge in [-0.2, -0.15) is 0 Å². The zero-order chi connectivity index (χ0) is 8.81. The van der Waals surface area contributed by atoms with Crippen molar-refractivity contribution in [1.82, 2.24) is 4.98 Å². The number of nitrogens with zero attached hydrogens (tertiary/aromatic N) is 1. The highest BCUT2D eigenvalue weighted by Gasteiger charge is 1.96. The Morgan fingerprint density at radius 3 is 3.00 bits per heavy atom. The Bertz CT molecular complexity index is 230. The van der Waals surface area contributed by atoms with E-state index in [-0.39, 0.29) is 0 Å². The van der Waals surface area contributed by atoms with Gasteiger partial charge in [-0.25, -0.2) is 0 Å². The van der Waals surface area contributed by atoms with E-state index in [1.165, 1.54) is 30.4 Å². The third kappa shape index (κ3) is 2.65. The van der Waals surface area contributed by atoms with E-state index >= 15 is 0 Å². The van der Waals surface area contributed by atoms with Crippen LogP contribution in [0.1, 0.15) is 37.3 Å². The molecule has 1 heterocycles. The predicted octanol–water partition coefficient (Wildman–Crippen LogP) is 3.13. The van der Waals surface area contributed by atoms with Crippen LogP contribution in [0.2, 0.25) is 0 Å². The summed E-state index contributed by atoms with van der Waals surface area (Å²) in [5.41, 5.74) is 2.60. The highest BCUT2D eigenvalue weighted by Crippen LogP contribution is 2.11. The second kappa shape index (κ2) is 4.91. The first-order valence-electron chi connectivity index (χ1n) is 4.58. The molecule has 0 saturated carbocycles. The zero-order valence-electron chi connectivity index (χ0n) is 7.88. The molecule has 1 heteroatoms. The van der Waals surface area contributed by atoms with E-state index < -0.39 is 0 Å². The molecule has 0 spiro atoms. The highest BCUT2D eigenvalue weighted by molar-refractivity contribution is 5.28. The van der Waals surface area contributed by atoms with Crippen LogP contribution in [0.15, 0.2) is 18.5 Å². The topological polar surface area (TPSA) is 12.9 Å². The van der Waals surface area contributed by atoms with Gasteiger partial charge in [0.2, 0.25) is 0 Å². The molecule has 0 aliphatic rings. The van der Waals surface area contributed by atoms with Crippen LogP contribution in [0.25, 0.3) is 0 Å². The van der Waals surface area contributed by atoms with Gasteiger partial charge in [-0.3, -0.25) is 4.98 Å². The van der Waals surface area contributed by atoms with Gasteiger partial charge in [0.1, 0.15) is 0 Å². The summed E-state index contributed by atoms with van der Waals surface area (Å²) < 4.78 is 0. The standard InChI is InChI=1S/C11H16N/c1-3-4-5-6-11-7-8-12-9-10(11)2/h6-9H,3-5H2,1-2H3. The van der Waals surface area contributed by atoms with Gasteiger partial charge < -0.3 is 0 Å². The van der Waals surface area contributed by atoms with Gasteiger partial charge in [-0.1, -0.05) is 19.8 Å². The van der Waals surface area contributed by atoms with Crippen LogP contribution in [0.4, 0.5) is 0 Å². The van der Waals surface area contributed by atoms with Crippen LogP contribution in [0, 0.1) is 13.3 Å². The lowest BCUT2D eigenvalue weighted by Crippen LogP contribution is -1.87. The summed E-state index contributed by atoms with van der Waals surface area (Å²) in [5, 5.41) is 0. The number of unbranched alkanes of at least 4 members (excludes halogenated alkanes) is 2. The summed E-state index contributed by atoms with van der Waals surface area (Å²) in [6.07, 6.45) is 9.78. The Balaban J connectivity index is 2.46. The zero-order valence-corrected chi connectivity index (χ0v) is 7.88. The van der Waals surface area contributed by atoms with E-state index in [1.54, 1.807) is 0 Å². The first kappa shape index (κ1) is 9.24. The van der Waals surface area contributed by atoms with Crippen molar-refractivity contribution in [3.63, 3.8) is 0 Å². The van der Waals surface area contributed by atoms with Crippen molar-refractivity contribution in [3.05, 3.63) is 36.0 Å². The van der Waals surface area contributed by atoms with Gasteiger partial charge in [0.15, 0.2) is 0 Å². The molecule has 0 aromatic carbocycles. The molecule has 0 bridgehead atoms. The molecule has 0 amide bonds. The maximum Gasteiger partial charge on any atom is 0.0299 e. The quantitative estimate of drug-likeness (QED) is 0.620.